The molecule has 1 saturated carbocycles. The molecule has 1 unspecified atom stereocenters. The summed E-state index contributed by atoms with van der Waals surface area (Å²) in [6, 6.07) is 1.15. The number of likely N-dealkylation sites (tertiary alicyclic amines) is 1. The monoisotopic (exact) mass is 443 g/mol. The zero-order valence-electron chi connectivity index (χ0n) is 18.2. The smallest absolute Gasteiger partial charge is 0.421 e. The molecule has 3 rings (SSSR count). The van der Waals surface area contributed by atoms with Gasteiger partial charge in [-0.05, 0) is 52.5 Å². The zero-order chi connectivity index (χ0) is 23.2. The van der Waals surface area contributed by atoms with Crippen LogP contribution in [0, 0.1) is 17.8 Å². The number of amides is 2. The van der Waals surface area contributed by atoms with Gasteiger partial charge in [0.2, 0.25) is 5.91 Å². The van der Waals surface area contributed by atoms with Crippen molar-refractivity contribution in [3.05, 3.63) is 24.0 Å². The van der Waals surface area contributed by atoms with E-state index in [1.54, 1.807) is 39.5 Å². The Labute approximate surface area is 179 Å². The Kier molecular flexibility index (Phi) is 5.88. The maximum Gasteiger partial charge on any atom is 0.421 e. The topological polar surface area (TPSA) is 80.8 Å². The molecule has 0 bridgehead atoms. The molecule has 1 aliphatic heterocycles. The molecule has 1 aromatic rings. The third kappa shape index (κ3) is 5.59. The van der Waals surface area contributed by atoms with Gasteiger partial charge in [-0.1, -0.05) is 0 Å². The lowest BCUT2D eigenvalue weighted by molar-refractivity contribution is -0.139. The molecule has 1 aliphatic carbocycles. The van der Waals surface area contributed by atoms with Crippen LogP contribution in [0.1, 0.15) is 40.2 Å². The number of aromatic nitrogens is 1. The Balaban J connectivity index is 1.51. The van der Waals surface area contributed by atoms with Crippen LogP contribution in [0.5, 0.6) is 5.75 Å². The predicted molar refractivity (Wildman–Crippen MR) is 105 cm³/mol. The minimum absolute atomic E-state index is 0.0706. The van der Waals surface area contributed by atoms with Crippen molar-refractivity contribution in [1.82, 2.24) is 15.2 Å². The molecule has 7 nitrogen and oxygen atoms in total. The molecule has 0 radical (unpaired) electrons. The summed E-state index contributed by atoms with van der Waals surface area (Å²) in [5.41, 5.74) is -2.42. The lowest BCUT2D eigenvalue weighted by Crippen LogP contribution is -2.49. The second-order valence-corrected chi connectivity index (χ2v) is 9.77. The number of carbonyl (C=O) groups is 2. The van der Waals surface area contributed by atoms with E-state index < -0.39 is 22.9 Å². The molecule has 3 atom stereocenters. The van der Waals surface area contributed by atoms with Crippen molar-refractivity contribution >= 4 is 12.0 Å². The van der Waals surface area contributed by atoms with Gasteiger partial charge < -0.3 is 19.7 Å². The van der Waals surface area contributed by atoms with Gasteiger partial charge in [0.05, 0.1) is 5.54 Å². The van der Waals surface area contributed by atoms with Gasteiger partial charge in [-0.25, -0.2) is 4.79 Å². The first kappa shape index (κ1) is 23.1. The third-order valence-corrected chi connectivity index (χ3v) is 5.29. The molecule has 0 aromatic carbocycles. The van der Waals surface area contributed by atoms with Gasteiger partial charge in [-0.3, -0.25) is 9.78 Å². The molecule has 2 heterocycles. The fourth-order valence-corrected chi connectivity index (χ4v) is 3.82. The normalized spacial score (nSPS) is 23.2. The SMILES string of the molecule is CC(C)(COc1ccncc1C(F)(F)F)NC(=O)C1[C@H]2CN(C(=O)OC(C)(C)C)C[C@@H]12. The Morgan fingerprint density at radius 1 is 1.16 bits per heavy atom. The van der Waals surface area contributed by atoms with Gasteiger partial charge in [-0.15, -0.1) is 0 Å². The number of halogens is 3. The molecule has 1 saturated heterocycles. The van der Waals surface area contributed by atoms with Crippen LogP contribution >= 0.6 is 0 Å². The number of rotatable bonds is 5. The van der Waals surface area contributed by atoms with Crippen molar-refractivity contribution in [1.29, 1.82) is 0 Å². The number of hydrogen-bond acceptors (Lipinski definition) is 5. The molecule has 1 aromatic heterocycles. The second-order valence-electron chi connectivity index (χ2n) is 9.77. The van der Waals surface area contributed by atoms with Crippen molar-refractivity contribution in [2.24, 2.45) is 17.8 Å². The summed E-state index contributed by atoms with van der Waals surface area (Å²) in [6.45, 7) is 9.54. The number of hydrogen-bond donors (Lipinski definition) is 1. The molecular formula is C21H28F3N3O4. The lowest BCUT2D eigenvalue weighted by Gasteiger charge is -2.28. The number of nitrogens with one attached hydrogen (secondary N) is 1. The number of pyridine rings is 1. The largest absolute Gasteiger partial charge is 0.490 e. The Morgan fingerprint density at radius 2 is 1.77 bits per heavy atom. The van der Waals surface area contributed by atoms with Crippen molar-refractivity contribution in [3.63, 3.8) is 0 Å². The predicted octanol–water partition coefficient (Wildman–Crippen LogP) is 3.49. The molecule has 1 N–H and O–H groups in total. The Hall–Kier alpha value is -2.52. The van der Waals surface area contributed by atoms with Crippen LogP contribution in [0.25, 0.3) is 0 Å². The highest BCUT2D eigenvalue weighted by Gasteiger charge is 2.61. The van der Waals surface area contributed by atoms with Crippen molar-refractivity contribution < 1.29 is 32.2 Å². The van der Waals surface area contributed by atoms with Crippen LogP contribution < -0.4 is 10.1 Å². The summed E-state index contributed by atoms with van der Waals surface area (Å²) >= 11 is 0. The average Bonchev–Trinajstić information content (AvgIpc) is 3.12. The molecule has 31 heavy (non-hydrogen) atoms. The highest BCUT2D eigenvalue weighted by atomic mass is 19.4. The number of ether oxygens (including phenoxy) is 2. The fraction of sp³-hybridized carbons (Fsp3) is 0.667. The summed E-state index contributed by atoms with van der Waals surface area (Å²) in [5.74, 6) is -0.591. The Bertz CT molecular complexity index is 839. The van der Waals surface area contributed by atoms with E-state index in [2.05, 4.69) is 10.3 Å². The van der Waals surface area contributed by atoms with E-state index in [1.165, 1.54) is 6.20 Å². The van der Waals surface area contributed by atoms with Crippen LogP contribution in [0.2, 0.25) is 0 Å². The van der Waals surface area contributed by atoms with Gasteiger partial charge in [0, 0.05) is 31.4 Å². The van der Waals surface area contributed by atoms with E-state index in [0.29, 0.717) is 19.3 Å². The molecular weight excluding hydrogens is 415 g/mol. The zero-order valence-corrected chi connectivity index (χ0v) is 18.2. The van der Waals surface area contributed by atoms with Crippen molar-refractivity contribution in [2.45, 2.75) is 51.9 Å². The Morgan fingerprint density at radius 3 is 2.32 bits per heavy atom. The van der Waals surface area contributed by atoms with Crippen LogP contribution in [-0.2, 0) is 15.7 Å². The second kappa shape index (κ2) is 7.87. The van der Waals surface area contributed by atoms with E-state index in [-0.39, 0.29) is 42.1 Å². The number of fused-ring (bicyclic) bond motifs is 1. The van der Waals surface area contributed by atoms with Crippen LogP contribution in [-0.4, -0.2) is 52.7 Å². The average molecular weight is 443 g/mol. The molecule has 172 valence electrons. The first-order chi connectivity index (χ1) is 14.2. The van der Waals surface area contributed by atoms with E-state index in [9.17, 15) is 22.8 Å². The molecule has 10 heteroatoms. The minimum Gasteiger partial charge on any atom is -0.490 e. The fourth-order valence-electron chi connectivity index (χ4n) is 3.82. The van der Waals surface area contributed by atoms with E-state index in [1.807, 2.05) is 0 Å². The van der Waals surface area contributed by atoms with E-state index >= 15 is 0 Å². The highest BCUT2D eigenvalue weighted by Crippen LogP contribution is 2.52. The van der Waals surface area contributed by atoms with Gasteiger partial charge >= 0.3 is 12.3 Å². The van der Waals surface area contributed by atoms with Crippen molar-refractivity contribution in [3.8, 4) is 5.75 Å². The van der Waals surface area contributed by atoms with Gasteiger partial charge in [0.1, 0.15) is 23.5 Å². The summed E-state index contributed by atoms with van der Waals surface area (Å²) in [7, 11) is 0. The van der Waals surface area contributed by atoms with Gasteiger partial charge in [0.15, 0.2) is 0 Å². The number of carbonyl (C=O) groups excluding carboxylic acids is 2. The number of nitrogens with zero attached hydrogens (tertiary/aromatic N) is 2. The first-order valence-electron chi connectivity index (χ1n) is 10.1. The standard InChI is InChI=1S/C21H28F3N3O4/c1-19(2,3)31-18(29)27-9-12-13(10-27)16(12)17(28)26-20(4,5)11-30-15-6-7-25-8-14(15)21(22,23)24/h6-8,12-13,16H,9-11H2,1-5H3,(H,26,28)/t12-,13+,16?. The maximum atomic E-state index is 13.1. The molecule has 0 spiro atoms. The number of alkyl halides is 3. The lowest BCUT2D eigenvalue weighted by atomic mass is 10.1. The van der Waals surface area contributed by atoms with Gasteiger partial charge in [-0.2, -0.15) is 13.2 Å². The third-order valence-electron chi connectivity index (χ3n) is 5.29. The summed E-state index contributed by atoms with van der Waals surface area (Å²) in [5, 5.41) is 2.86. The highest BCUT2D eigenvalue weighted by molar-refractivity contribution is 5.84. The van der Waals surface area contributed by atoms with E-state index in [0.717, 1.165) is 6.07 Å². The number of piperidine rings is 1. The molecule has 2 fully saturated rings. The van der Waals surface area contributed by atoms with Crippen LogP contribution in [0.3, 0.4) is 0 Å². The van der Waals surface area contributed by atoms with Crippen LogP contribution in [0.4, 0.5) is 18.0 Å². The molecule has 2 amide bonds. The summed E-state index contributed by atoms with van der Waals surface area (Å²) in [4.78, 5) is 30.0. The molecule has 2 aliphatic rings. The first-order valence-corrected chi connectivity index (χ1v) is 10.1. The summed E-state index contributed by atoms with van der Waals surface area (Å²) < 4.78 is 50.0. The summed E-state index contributed by atoms with van der Waals surface area (Å²) in [6.07, 6.45) is -3.03. The van der Waals surface area contributed by atoms with Gasteiger partial charge in [0.25, 0.3) is 0 Å². The maximum absolute atomic E-state index is 13.1. The van der Waals surface area contributed by atoms with Crippen molar-refractivity contribution in [2.75, 3.05) is 19.7 Å². The van der Waals surface area contributed by atoms with Crippen LogP contribution in [0.15, 0.2) is 18.5 Å². The van der Waals surface area contributed by atoms with E-state index in [4.69, 9.17) is 9.47 Å². The quantitative estimate of drug-likeness (QED) is 0.754. The minimum atomic E-state index is -4.58.